The van der Waals surface area contributed by atoms with Crippen molar-refractivity contribution in [2.75, 3.05) is 0 Å². The minimum atomic E-state index is 1.32. The van der Waals surface area contributed by atoms with Crippen LogP contribution in [0.5, 0.6) is 0 Å². The van der Waals surface area contributed by atoms with Crippen LogP contribution in [0.4, 0.5) is 0 Å². The Morgan fingerprint density at radius 3 is 1.32 bits per heavy atom. The number of benzene rings is 4. The lowest BCUT2D eigenvalue weighted by molar-refractivity contribution is 1.86. The van der Waals surface area contributed by atoms with Gasteiger partial charge in [0.25, 0.3) is 0 Å². The van der Waals surface area contributed by atoms with Gasteiger partial charge in [0.2, 0.25) is 0 Å². The highest BCUT2D eigenvalue weighted by molar-refractivity contribution is 7.26. The van der Waals surface area contributed by atoms with E-state index in [1.54, 1.807) is 0 Å². The van der Waals surface area contributed by atoms with Crippen LogP contribution < -0.4 is 0 Å². The summed E-state index contributed by atoms with van der Waals surface area (Å²) in [6, 6.07) is 32.2. The Kier molecular flexibility index (Phi) is 4.11. The molecule has 4 aromatic heterocycles. The third-order valence-corrected chi connectivity index (χ3v) is 11.0. The van der Waals surface area contributed by atoms with Crippen molar-refractivity contribution >= 4 is 97.8 Å². The molecule has 0 bridgehead atoms. The molecule has 0 aliphatic carbocycles. The van der Waals surface area contributed by atoms with Gasteiger partial charge in [0.15, 0.2) is 0 Å². The standard InChI is InChI=1S/C30H16S4/c1-3-25(31-9-1)29-15-19-11-23-17(13-27(19)33-29)5-7-22-21(23)8-6-18-14-28-20(12-24(18)22)16-30(34-28)26-4-2-10-32-26/h1-16H. The Morgan fingerprint density at radius 1 is 0.382 bits per heavy atom. The maximum absolute atomic E-state index is 2.39. The van der Waals surface area contributed by atoms with E-state index in [2.05, 4.69) is 95.7 Å². The van der Waals surface area contributed by atoms with Crippen LogP contribution >= 0.6 is 45.3 Å². The SMILES string of the molecule is c1csc(-c2cc3cc4c(ccc5c6cc7cc(-c8cccs8)sc7cc6ccc45)cc3s2)c1. The van der Waals surface area contributed by atoms with Gasteiger partial charge in [-0.15, -0.1) is 45.3 Å². The van der Waals surface area contributed by atoms with Crippen LogP contribution in [0.3, 0.4) is 0 Å². The van der Waals surface area contributed by atoms with Gasteiger partial charge < -0.3 is 0 Å². The van der Waals surface area contributed by atoms with E-state index in [1.807, 2.05) is 45.3 Å². The normalized spacial score (nSPS) is 12.1. The van der Waals surface area contributed by atoms with E-state index in [0.29, 0.717) is 0 Å². The Balaban J connectivity index is 1.37. The predicted molar refractivity (Wildman–Crippen MR) is 156 cm³/mol. The first-order chi connectivity index (χ1) is 16.8. The molecule has 4 aromatic carbocycles. The van der Waals surface area contributed by atoms with Gasteiger partial charge in [0, 0.05) is 28.9 Å². The Labute approximate surface area is 212 Å². The molecule has 0 nitrogen and oxygen atoms in total. The molecule has 8 rings (SSSR count). The number of thiophene rings is 4. The number of fused-ring (bicyclic) bond motifs is 7. The number of rotatable bonds is 2. The topological polar surface area (TPSA) is 0 Å². The molecule has 0 N–H and O–H groups in total. The highest BCUT2D eigenvalue weighted by Crippen LogP contribution is 2.42. The van der Waals surface area contributed by atoms with Crippen molar-refractivity contribution < 1.29 is 0 Å². The van der Waals surface area contributed by atoms with Crippen molar-refractivity contribution in [2.45, 2.75) is 0 Å². The van der Waals surface area contributed by atoms with E-state index < -0.39 is 0 Å². The Bertz CT molecular complexity index is 1850. The zero-order chi connectivity index (χ0) is 22.2. The second kappa shape index (κ2) is 7.24. The molecule has 4 heterocycles. The first-order valence-corrected chi connectivity index (χ1v) is 14.5. The van der Waals surface area contributed by atoms with Gasteiger partial charge in [-0.05, 0) is 102 Å². The summed E-state index contributed by atoms with van der Waals surface area (Å²) in [5, 5.41) is 15.0. The van der Waals surface area contributed by atoms with Crippen LogP contribution in [0.15, 0.2) is 95.7 Å². The average Bonchev–Trinajstić information content (AvgIpc) is 3.66. The zero-order valence-electron chi connectivity index (χ0n) is 17.9. The molecule has 0 aliphatic heterocycles. The van der Waals surface area contributed by atoms with Gasteiger partial charge in [-0.25, -0.2) is 0 Å². The first kappa shape index (κ1) is 19.3. The third-order valence-electron chi connectivity index (χ3n) is 6.63. The van der Waals surface area contributed by atoms with E-state index in [-0.39, 0.29) is 0 Å². The highest BCUT2D eigenvalue weighted by atomic mass is 32.1. The smallest absolute Gasteiger partial charge is 0.0455 e. The molecular weight excluding hydrogens is 489 g/mol. The van der Waals surface area contributed by atoms with Crippen molar-refractivity contribution in [3.63, 3.8) is 0 Å². The lowest BCUT2D eigenvalue weighted by atomic mass is 9.96. The molecule has 160 valence electrons. The zero-order valence-corrected chi connectivity index (χ0v) is 21.1. The molecule has 0 aliphatic rings. The van der Waals surface area contributed by atoms with E-state index >= 15 is 0 Å². The molecule has 0 fully saturated rings. The average molecular weight is 505 g/mol. The fourth-order valence-corrected chi connectivity index (χ4v) is 8.86. The predicted octanol–water partition coefficient (Wildman–Crippen LogP) is 11.0. The van der Waals surface area contributed by atoms with E-state index in [9.17, 15) is 0 Å². The summed E-state index contributed by atoms with van der Waals surface area (Å²) in [4.78, 5) is 5.42. The van der Waals surface area contributed by atoms with Gasteiger partial charge in [-0.3, -0.25) is 0 Å². The van der Waals surface area contributed by atoms with E-state index in [4.69, 9.17) is 0 Å². The van der Waals surface area contributed by atoms with Gasteiger partial charge in [-0.1, -0.05) is 36.4 Å². The quantitative estimate of drug-likeness (QED) is 0.205. The molecule has 4 heteroatoms. The fourth-order valence-electron chi connectivity index (χ4n) is 5.02. The minimum absolute atomic E-state index is 1.32. The summed E-state index contributed by atoms with van der Waals surface area (Å²) in [5.41, 5.74) is 0. The van der Waals surface area contributed by atoms with Gasteiger partial charge in [0.1, 0.15) is 0 Å². The minimum Gasteiger partial charge on any atom is -0.143 e. The van der Waals surface area contributed by atoms with Crippen LogP contribution in [-0.4, -0.2) is 0 Å². The van der Waals surface area contributed by atoms with Crippen LogP contribution in [0.1, 0.15) is 0 Å². The molecule has 34 heavy (non-hydrogen) atoms. The first-order valence-electron chi connectivity index (χ1n) is 11.1. The Hall–Kier alpha value is -3.02. The number of hydrogen-bond donors (Lipinski definition) is 0. The highest BCUT2D eigenvalue weighted by Gasteiger charge is 2.12. The summed E-state index contributed by atoms with van der Waals surface area (Å²) in [5.74, 6) is 0. The third kappa shape index (κ3) is 2.87. The molecule has 0 saturated heterocycles. The van der Waals surface area contributed by atoms with Gasteiger partial charge in [0.05, 0.1) is 0 Å². The lowest BCUT2D eigenvalue weighted by Gasteiger charge is -2.08. The van der Waals surface area contributed by atoms with Gasteiger partial charge >= 0.3 is 0 Å². The van der Waals surface area contributed by atoms with E-state index in [0.717, 1.165) is 0 Å². The van der Waals surface area contributed by atoms with Crippen molar-refractivity contribution in [3.8, 4) is 19.5 Å². The molecule has 0 radical (unpaired) electrons. The van der Waals surface area contributed by atoms with Crippen LogP contribution in [0, 0.1) is 0 Å². The van der Waals surface area contributed by atoms with Crippen LogP contribution in [0.25, 0.3) is 72.0 Å². The lowest BCUT2D eigenvalue weighted by Crippen LogP contribution is -1.81. The van der Waals surface area contributed by atoms with Crippen molar-refractivity contribution in [1.82, 2.24) is 0 Å². The number of hydrogen-bond acceptors (Lipinski definition) is 4. The molecule has 0 amide bonds. The summed E-state index contributed by atoms with van der Waals surface area (Å²) in [6.45, 7) is 0. The summed E-state index contributed by atoms with van der Waals surface area (Å²) in [7, 11) is 0. The fraction of sp³-hybridized carbons (Fsp3) is 0. The van der Waals surface area contributed by atoms with Crippen molar-refractivity contribution in [3.05, 3.63) is 95.7 Å². The van der Waals surface area contributed by atoms with Crippen LogP contribution in [0.2, 0.25) is 0 Å². The second-order valence-corrected chi connectivity index (χ2v) is 12.7. The summed E-state index contributed by atoms with van der Waals surface area (Å²) < 4.78 is 2.72. The molecular formula is C30H16S4. The maximum Gasteiger partial charge on any atom is 0.0455 e. The van der Waals surface area contributed by atoms with Crippen LogP contribution in [-0.2, 0) is 0 Å². The molecule has 8 aromatic rings. The second-order valence-electron chi connectivity index (χ2n) is 8.62. The molecule has 0 atom stereocenters. The molecule has 0 saturated carbocycles. The van der Waals surface area contributed by atoms with Crippen molar-refractivity contribution in [1.29, 1.82) is 0 Å². The maximum atomic E-state index is 2.39. The molecule has 0 spiro atoms. The monoisotopic (exact) mass is 504 g/mol. The van der Waals surface area contributed by atoms with E-state index in [1.165, 1.54) is 72.0 Å². The largest absolute Gasteiger partial charge is 0.143 e. The Morgan fingerprint density at radius 2 is 0.882 bits per heavy atom. The van der Waals surface area contributed by atoms with Gasteiger partial charge in [-0.2, -0.15) is 0 Å². The molecule has 0 unspecified atom stereocenters. The summed E-state index contributed by atoms with van der Waals surface area (Å²) >= 11 is 7.41. The van der Waals surface area contributed by atoms with Crippen molar-refractivity contribution in [2.24, 2.45) is 0 Å². The summed E-state index contributed by atoms with van der Waals surface area (Å²) in [6.07, 6.45) is 0.